The average Bonchev–Trinajstić information content (AvgIpc) is 3.27. The van der Waals surface area contributed by atoms with Crippen molar-refractivity contribution in [1.82, 2.24) is 25.2 Å². The van der Waals surface area contributed by atoms with Crippen LogP contribution in [0.25, 0.3) is 11.4 Å². The average molecular weight is 492 g/mol. The summed E-state index contributed by atoms with van der Waals surface area (Å²) in [4.78, 5) is 38.9. The molecule has 4 heterocycles. The van der Waals surface area contributed by atoms with Crippen molar-refractivity contribution in [3.63, 3.8) is 0 Å². The van der Waals surface area contributed by atoms with E-state index in [-0.39, 0.29) is 23.5 Å². The number of fused-ring (bicyclic) bond motifs is 2. The van der Waals surface area contributed by atoms with Crippen molar-refractivity contribution < 1.29 is 18.7 Å². The molecule has 2 amide bonds. The van der Waals surface area contributed by atoms with Crippen LogP contribution >= 0.6 is 0 Å². The van der Waals surface area contributed by atoms with Gasteiger partial charge in [-0.15, -0.1) is 0 Å². The van der Waals surface area contributed by atoms with Crippen LogP contribution in [0.2, 0.25) is 0 Å². The van der Waals surface area contributed by atoms with Gasteiger partial charge in [0.25, 0.3) is 5.91 Å². The summed E-state index contributed by atoms with van der Waals surface area (Å²) in [5, 5.41) is 6.23. The van der Waals surface area contributed by atoms with E-state index >= 15 is 0 Å². The van der Waals surface area contributed by atoms with E-state index in [2.05, 4.69) is 32.2 Å². The molecule has 1 spiro atoms. The molecule has 11 heteroatoms. The zero-order valence-electron chi connectivity index (χ0n) is 19.7. The minimum Gasteiger partial charge on any atom is -0.492 e. The minimum atomic E-state index is -0.542. The third-order valence-electron chi connectivity index (χ3n) is 6.91. The van der Waals surface area contributed by atoms with Crippen LogP contribution in [0.4, 0.5) is 21.7 Å². The fourth-order valence-corrected chi connectivity index (χ4v) is 5.04. The summed E-state index contributed by atoms with van der Waals surface area (Å²) in [5.41, 5.74) is 8.33. The number of ether oxygens (including phenoxy) is 1. The third-order valence-corrected chi connectivity index (χ3v) is 6.91. The molecule has 0 unspecified atom stereocenters. The second-order valence-corrected chi connectivity index (χ2v) is 8.86. The Hall–Kier alpha value is -4.41. The second kappa shape index (κ2) is 8.99. The van der Waals surface area contributed by atoms with Gasteiger partial charge in [-0.05, 0) is 37.1 Å². The predicted octanol–water partition coefficient (Wildman–Crippen LogP) is 2.73. The number of anilines is 3. The molecule has 1 saturated heterocycles. The number of aromatic nitrogens is 3. The van der Waals surface area contributed by atoms with Gasteiger partial charge in [0, 0.05) is 36.9 Å². The number of aromatic amines is 1. The molecule has 5 N–H and O–H groups in total. The number of halogens is 1. The zero-order valence-corrected chi connectivity index (χ0v) is 19.7. The summed E-state index contributed by atoms with van der Waals surface area (Å²) in [6.07, 6.45) is 4.11. The number of hydrogen-bond acceptors (Lipinski definition) is 7. The summed E-state index contributed by atoms with van der Waals surface area (Å²) in [6.45, 7) is 5.05. The van der Waals surface area contributed by atoms with Crippen molar-refractivity contribution in [1.29, 1.82) is 0 Å². The van der Waals surface area contributed by atoms with Crippen molar-refractivity contribution >= 4 is 29.1 Å². The molecule has 2 aliphatic heterocycles. The Morgan fingerprint density at radius 2 is 2.11 bits per heavy atom. The number of nitrogen functional groups attached to an aromatic ring is 1. The van der Waals surface area contributed by atoms with Gasteiger partial charge in [0.2, 0.25) is 11.9 Å². The van der Waals surface area contributed by atoms with Gasteiger partial charge < -0.3 is 31.0 Å². The number of methoxy groups -OCH3 is 1. The SMILES string of the molecule is C=CC(=O)N1CCC2(CC1)CNC(=O)c1c2[nH]c(-c2ccnc(N)n2)c1Nc1cccc(F)c1OC. The lowest BCUT2D eigenvalue weighted by molar-refractivity contribution is -0.127. The first kappa shape index (κ1) is 23.3. The predicted molar refractivity (Wildman–Crippen MR) is 132 cm³/mol. The van der Waals surface area contributed by atoms with Crippen molar-refractivity contribution in [2.24, 2.45) is 0 Å². The second-order valence-electron chi connectivity index (χ2n) is 8.86. The van der Waals surface area contributed by atoms with Gasteiger partial charge in [0.1, 0.15) is 0 Å². The lowest BCUT2D eigenvalue weighted by Gasteiger charge is -2.43. The molecule has 3 aromatic rings. The van der Waals surface area contributed by atoms with Crippen molar-refractivity contribution in [2.75, 3.05) is 37.8 Å². The number of nitrogens with zero attached hydrogens (tertiary/aromatic N) is 3. The maximum Gasteiger partial charge on any atom is 0.255 e. The first-order valence-electron chi connectivity index (χ1n) is 11.5. The highest BCUT2D eigenvalue weighted by atomic mass is 19.1. The number of amides is 2. The smallest absolute Gasteiger partial charge is 0.255 e. The Bertz CT molecular complexity index is 1360. The van der Waals surface area contributed by atoms with E-state index in [1.54, 1.807) is 23.1 Å². The summed E-state index contributed by atoms with van der Waals surface area (Å²) < 4.78 is 19.7. The van der Waals surface area contributed by atoms with Gasteiger partial charge in [-0.2, -0.15) is 0 Å². The van der Waals surface area contributed by atoms with Crippen molar-refractivity contribution in [3.8, 4) is 17.1 Å². The molecule has 0 atom stereocenters. The van der Waals surface area contributed by atoms with Gasteiger partial charge in [-0.1, -0.05) is 12.6 Å². The molecule has 0 aliphatic carbocycles. The first-order valence-corrected chi connectivity index (χ1v) is 11.5. The number of carbonyl (C=O) groups is 2. The lowest BCUT2D eigenvalue weighted by Crippen LogP contribution is -2.53. The number of nitrogens with one attached hydrogen (secondary N) is 3. The summed E-state index contributed by atoms with van der Waals surface area (Å²) in [5.74, 6) is -0.843. The number of likely N-dealkylation sites (tertiary alicyclic amines) is 1. The molecule has 2 aromatic heterocycles. The number of H-pyrrole nitrogens is 1. The normalized spacial score (nSPS) is 16.3. The number of piperidine rings is 1. The van der Waals surface area contributed by atoms with Crippen LogP contribution in [-0.2, 0) is 10.2 Å². The first-order chi connectivity index (χ1) is 17.4. The van der Waals surface area contributed by atoms with Gasteiger partial charge in [-0.25, -0.2) is 14.4 Å². The van der Waals surface area contributed by atoms with E-state index in [9.17, 15) is 14.0 Å². The standard InChI is InChI=1S/C25H26FN7O3/c1-3-17(34)33-11-8-25(9-12-33)13-29-23(35)18-20(30-16-6-4-5-14(26)21(16)36-2)19(32-22(18)25)15-7-10-28-24(27)31-15/h3-7,10,30,32H,1,8-9,11-13H2,2H3,(H,29,35)(H2,27,28,31). The molecule has 0 saturated carbocycles. The molecule has 1 fully saturated rings. The quantitative estimate of drug-likeness (QED) is 0.403. The Balaban J connectivity index is 1.66. The topological polar surface area (TPSA) is 138 Å². The summed E-state index contributed by atoms with van der Waals surface area (Å²) in [7, 11) is 1.38. The van der Waals surface area contributed by atoms with Crippen LogP contribution in [0, 0.1) is 5.82 Å². The van der Waals surface area contributed by atoms with Crippen LogP contribution in [0.5, 0.6) is 5.75 Å². The number of nitrogens with two attached hydrogens (primary N) is 1. The summed E-state index contributed by atoms with van der Waals surface area (Å²) >= 11 is 0. The number of benzene rings is 1. The Labute approximate surface area is 206 Å². The monoisotopic (exact) mass is 491 g/mol. The van der Waals surface area contributed by atoms with Crippen molar-refractivity contribution in [2.45, 2.75) is 18.3 Å². The highest BCUT2D eigenvalue weighted by Gasteiger charge is 2.46. The van der Waals surface area contributed by atoms with Gasteiger partial charge >= 0.3 is 0 Å². The maximum absolute atomic E-state index is 14.5. The van der Waals surface area contributed by atoms with E-state index in [4.69, 9.17) is 10.5 Å². The third kappa shape index (κ3) is 3.82. The maximum atomic E-state index is 14.5. The zero-order chi connectivity index (χ0) is 25.4. The Kier molecular flexibility index (Phi) is 5.83. The van der Waals surface area contributed by atoms with Crippen LogP contribution in [0.1, 0.15) is 28.9 Å². The van der Waals surface area contributed by atoms with E-state index in [0.717, 1.165) is 5.69 Å². The van der Waals surface area contributed by atoms with Crippen molar-refractivity contribution in [3.05, 3.63) is 60.2 Å². The van der Waals surface area contributed by atoms with Gasteiger partial charge in [0.15, 0.2) is 11.6 Å². The van der Waals surface area contributed by atoms with Crippen LogP contribution in [-0.4, -0.2) is 58.4 Å². The molecule has 36 heavy (non-hydrogen) atoms. The molecule has 0 radical (unpaired) electrons. The van der Waals surface area contributed by atoms with E-state index in [1.165, 1.54) is 25.4 Å². The van der Waals surface area contributed by atoms with Crippen LogP contribution in [0.3, 0.4) is 0 Å². The van der Waals surface area contributed by atoms with Crippen LogP contribution < -0.4 is 21.1 Å². The Morgan fingerprint density at radius 3 is 2.81 bits per heavy atom. The minimum absolute atomic E-state index is 0.0165. The molecule has 186 valence electrons. The van der Waals surface area contributed by atoms with Crippen LogP contribution in [0.15, 0.2) is 43.1 Å². The van der Waals surface area contributed by atoms with E-state index in [1.807, 2.05) is 0 Å². The molecular formula is C25H26FN7O3. The number of hydrogen-bond donors (Lipinski definition) is 4. The molecule has 0 bridgehead atoms. The van der Waals surface area contributed by atoms with E-state index < -0.39 is 11.2 Å². The molecule has 2 aliphatic rings. The molecule has 5 rings (SSSR count). The largest absolute Gasteiger partial charge is 0.492 e. The summed E-state index contributed by atoms with van der Waals surface area (Å²) in [6, 6.07) is 6.19. The highest BCUT2D eigenvalue weighted by molar-refractivity contribution is 6.06. The Morgan fingerprint density at radius 1 is 1.33 bits per heavy atom. The van der Waals surface area contributed by atoms with E-state index in [0.29, 0.717) is 60.8 Å². The van der Waals surface area contributed by atoms with Gasteiger partial charge in [-0.3, -0.25) is 9.59 Å². The lowest BCUT2D eigenvalue weighted by atomic mass is 9.72. The number of rotatable bonds is 5. The number of carbonyl (C=O) groups excluding carboxylic acids is 2. The number of para-hydroxylation sites is 1. The molecule has 1 aromatic carbocycles. The molecule has 10 nitrogen and oxygen atoms in total. The fraction of sp³-hybridized carbons (Fsp3) is 0.280. The highest BCUT2D eigenvalue weighted by Crippen LogP contribution is 2.46. The fourth-order valence-electron chi connectivity index (χ4n) is 5.04. The van der Waals surface area contributed by atoms with Gasteiger partial charge in [0.05, 0.1) is 35.4 Å². The molecular weight excluding hydrogens is 465 g/mol.